The molecule has 0 aliphatic carbocycles. The van der Waals surface area contributed by atoms with Crippen molar-refractivity contribution in [2.24, 2.45) is 0 Å². The van der Waals surface area contributed by atoms with Crippen LogP contribution in [0.25, 0.3) is 16.7 Å². The Morgan fingerprint density at radius 1 is 1.03 bits per heavy atom. The molecule has 1 saturated heterocycles. The first-order chi connectivity index (χ1) is 18.5. The summed E-state index contributed by atoms with van der Waals surface area (Å²) in [5.41, 5.74) is 2.87. The Bertz CT molecular complexity index is 1540. The number of pyridine rings is 1. The molecule has 9 heteroatoms. The third-order valence-corrected chi connectivity index (χ3v) is 6.79. The van der Waals surface area contributed by atoms with E-state index in [9.17, 15) is 14.7 Å². The Morgan fingerprint density at radius 2 is 1.84 bits per heavy atom. The van der Waals surface area contributed by atoms with Crippen LogP contribution in [0.2, 0.25) is 0 Å². The average Bonchev–Trinajstić information content (AvgIpc) is 3.48. The summed E-state index contributed by atoms with van der Waals surface area (Å²) in [7, 11) is 4.60. The molecule has 3 heterocycles. The highest BCUT2D eigenvalue weighted by molar-refractivity contribution is 6.46. The van der Waals surface area contributed by atoms with E-state index in [1.165, 1.54) is 19.1 Å². The van der Waals surface area contributed by atoms with Crippen LogP contribution in [0, 0.1) is 0 Å². The van der Waals surface area contributed by atoms with E-state index in [2.05, 4.69) is 9.97 Å². The maximum absolute atomic E-state index is 13.3. The molecule has 0 spiro atoms. The molecule has 2 aromatic carbocycles. The Labute approximate surface area is 219 Å². The van der Waals surface area contributed by atoms with Gasteiger partial charge >= 0.3 is 0 Å². The van der Waals surface area contributed by atoms with Gasteiger partial charge in [-0.15, -0.1) is 0 Å². The van der Waals surface area contributed by atoms with Gasteiger partial charge in [0.2, 0.25) is 0 Å². The third kappa shape index (κ3) is 4.32. The Hall–Kier alpha value is -4.79. The molecule has 5 rings (SSSR count). The van der Waals surface area contributed by atoms with Crippen LogP contribution in [-0.2, 0) is 16.0 Å². The number of carbonyl (C=O) groups is 2. The number of methoxy groups -OCH3 is 3. The van der Waals surface area contributed by atoms with Crippen LogP contribution in [0.1, 0.15) is 22.7 Å². The Kier molecular flexibility index (Phi) is 6.74. The first-order valence-corrected chi connectivity index (χ1v) is 12.0. The van der Waals surface area contributed by atoms with Crippen molar-refractivity contribution in [2.45, 2.75) is 12.5 Å². The van der Waals surface area contributed by atoms with Gasteiger partial charge in [-0.2, -0.15) is 0 Å². The highest BCUT2D eigenvalue weighted by atomic mass is 16.5. The van der Waals surface area contributed by atoms with Crippen LogP contribution in [-0.4, -0.2) is 59.5 Å². The van der Waals surface area contributed by atoms with Crippen LogP contribution >= 0.6 is 0 Å². The third-order valence-electron chi connectivity index (χ3n) is 6.79. The lowest BCUT2D eigenvalue weighted by molar-refractivity contribution is -0.139. The second-order valence-corrected chi connectivity index (χ2v) is 8.82. The normalized spacial score (nSPS) is 16.7. The minimum atomic E-state index is -0.809. The number of amides is 1. The van der Waals surface area contributed by atoms with Gasteiger partial charge in [-0.1, -0.05) is 6.07 Å². The molecule has 0 unspecified atom stereocenters. The number of hydrogen-bond acceptors (Lipinski definition) is 7. The fraction of sp³-hybridized carbons (Fsp3) is 0.207. The van der Waals surface area contributed by atoms with Gasteiger partial charge in [0.25, 0.3) is 11.7 Å². The molecule has 1 aliphatic rings. The molecule has 1 fully saturated rings. The maximum Gasteiger partial charge on any atom is 0.295 e. The first kappa shape index (κ1) is 24.9. The summed E-state index contributed by atoms with van der Waals surface area (Å²) in [4.78, 5) is 35.6. The number of carbonyl (C=O) groups excluding carboxylic acids is 2. The number of hydrogen-bond donors (Lipinski definition) is 2. The van der Waals surface area contributed by atoms with Crippen LogP contribution in [0.15, 0.2) is 72.7 Å². The zero-order chi connectivity index (χ0) is 26.8. The number of Topliss-reactive ketones (excluding diaryl/α,β-unsaturated/α-hetero) is 1. The standard InChI is InChI=1S/C29H27N3O6/c1-36-20-7-8-22-21(14-20)18(16-31-22)10-12-32-26(19-5-4-11-30-15-19)25(28(34)29(32)35)27(33)17-6-9-23(37-2)24(13-17)38-3/h4-9,11,13-16,26,31,33H,10,12H2,1-3H3/t26-/m1/s1. The minimum absolute atomic E-state index is 0.00387. The Balaban J connectivity index is 1.55. The van der Waals surface area contributed by atoms with E-state index >= 15 is 0 Å². The predicted octanol–water partition coefficient (Wildman–Crippen LogP) is 4.25. The smallest absolute Gasteiger partial charge is 0.295 e. The van der Waals surface area contributed by atoms with Crippen molar-refractivity contribution in [3.63, 3.8) is 0 Å². The van der Waals surface area contributed by atoms with E-state index < -0.39 is 17.7 Å². The topological polar surface area (TPSA) is 114 Å². The van der Waals surface area contributed by atoms with Gasteiger partial charge in [0.05, 0.1) is 32.9 Å². The average molecular weight is 514 g/mol. The zero-order valence-electron chi connectivity index (χ0n) is 21.2. The number of ketones is 1. The summed E-state index contributed by atoms with van der Waals surface area (Å²) in [6, 6.07) is 13.3. The van der Waals surface area contributed by atoms with Crippen molar-refractivity contribution < 1.29 is 28.9 Å². The molecule has 1 atom stereocenters. The lowest BCUT2D eigenvalue weighted by Gasteiger charge is -2.25. The van der Waals surface area contributed by atoms with E-state index in [-0.39, 0.29) is 17.9 Å². The van der Waals surface area contributed by atoms with Gasteiger partial charge in [0.15, 0.2) is 11.5 Å². The Morgan fingerprint density at radius 3 is 2.55 bits per heavy atom. The number of rotatable bonds is 8. The summed E-state index contributed by atoms with van der Waals surface area (Å²) in [6.07, 6.45) is 5.59. The fourth-order valence-electron chi connectivity index (χ4n) is 4.87. The van der Waals surface area contributed by atoms with Crippen molar-refractivity contribution in [1.29, 1.82) is 0 Å². The first-order valence-electron chi connectivity index (χ1n) is 12.0. The van der Waals surface area contributed by atoms with Crippen molar-refractivity contribution in [3.05, 3.63) is 89.4 Å². The maximum atomic E-state index is 13.3. The van der Waals surface area contributed by atoms with E-state index in [1.807, 2.05) is 24.4 Å². The summed E-state index contributed by atoms with van der Waals surface area (Å²) in [6.45, 7) is 0.247. The van der Waals surface area contributed by atoms with E-state index in [4.69, 9.17) is 14.2 Å². The second kappa shape index (κ2) is 10.3. The van der Waals surface area contributed by atoms with E-state index in [1.54, 1.807) is 49.8 Å². The highest BCUT2D eigenvalue weighted by Gasteiger charge is 2.46. The van der Waals surface area contributed by atoms with Crippen molar-refractivity contribution in [1.82, 2.24) is 14.9 Å². The molecule has 0 bridgehead atoms. The van der Waals surface area contributed by atoms with E-state index in [0.717, 1.165) is 22.2 Å². The monoisotopic (exact) mass is 513 g/mol. The van der Waals surface area contributed by atoms with Gasteiger partial charge < -0.3 is 29.2 Å². The molecular weight excluding hydrogens is 486 g/mol. The van der Waals surface area contributed by atoms with Crippen LogP contribution in [0.5, 0.6) is 17.2 Å². The predicted molar refractivity (Wildman–Crippen MR) is 141 cm³/mol. The fourth-order valence-corrected chi connectivity index (χ4v) is 4.87. The van der Waals surface area contributed by atoms with Gasteiger partial charge in [-0.25, -0.2) is 0 Å². The summed E-state index contributed by atoms with van der Waals surface area (Å²) in [5.74, 6) is -0.145. The quantitative estimate of drug-likeness (QED) is 0.206. The number of nitrogens with one attached hydrogen (secondary N) is 1. The molecule has 1 amide bonds. The van der Waals surface area contributed by atoms with Crippen LogP contribution in [0.3, 0.4) is 0 Å². The number of aromatic amines is 1. The van der Waals surface area contributed by atoms with Crippen LogP contribution < -0.4 is 14.2 Å². The zero-order valence-corrected chi connectivity index (χ0v) is 21.2. The summed E-state index contributed by atoms with van der Waals surface area (Å²) >= 11 is 0. The lowest BCUT2D eigenvalue weighted by Crippen LogP contribution is -2.31. The number of aromatic nitrogens is 2. The van der Waals surface area contributed by atoms with Gasteiger partial charge in [-0.05, 0) is 60.0 Å². The lowest BCUT2D eigenvalue weighted by atomic mass is 9.96. The number of aliphatic hydroxyl groups is 1. The summed E-state index contributed by atoms with van der Waals surface area (Å²) in [5, 5.41) is 12.3. The molecule has 4 aromatic rings. The number of benzene rings is 2. The number of nitrogens with zero attached hydrogens (tertiary/aromatic N) is 2. The van der Waals surface area contributed by atoms with Crippen LogP contribution in [0.4, 0.5) is 0 Å². The molecule has 2 N–H and O–H groups in total. The highest BCUT2D eigenvalue weighted by Crippen LogP contribution is 2.40. The number of fused-ring (bicyclic) bond motifs is 1. The van der Waals surface area contributed by atoms with Crippen molar-refractivity contribution >= 4 is 28.4 Å². The minimum Gasteiger partial charge on any atom is -0.507 e. The van der Waals surface area contributed by atoms with Gasteiger partial charge in [0, 0.05) is 41.6 Å². The molecule has 0 radical (unpaired) electrons. The summed E-state index contributed by atoms with van der Waals surface area (Å²) < 4.78 is 16.0. The molecule has 2 aromatic heterocycles. The number of aliphatic hydroxyl groups excluding tert-OH is 1. The number of H-pyrrole nitrogens is 1. The SMILES string of the molecule is COc1ccc2[nH]cc(CCN3C(=O)C(=O)C(=C(O)c4ccc(OC)c(OC)c4)[C@H]3c3cccnc3)c2c1. The second-order valence-electron chi connectivity index (χ2n) is 8.82. The van der Waals surface area contributed by atoms with Gasteiger partial charge in [-0.3, -0.25) is 14.6 Å². The van der Waals surface area contributed by atoms with Crippen molar-refractivity contribution in [2.75, 3.05) is 27.9 Å². The largest absolute Gasteiger partial charge is 0.507 e. The number of likely N-dealkylation sites (tertiary alicyclic amines) is 1. The molecule has 38 heavy (non-hydrogen) atoms. The molecule has 0 saturated carbocycles. The van der Waals surface area contributed by atoms with E-state index in [0.29, 0.717) is 29.0 Å². The molecule has 9 nitrogen and oxygen atoms in total. The molecular formula is C29H27N3O6. The molecule has 194 valence electrons. The molecule has 1 aliphatic heterocycles. The van der Waals surface area contributed by atoms with Gasteiger partial charge in [0.1, 0.15) is 11.5 Å². The number of ether oxygens (including phenoxy) is 3. The van der Waals surface area contributed by atoms with Crippen molar-refractivity contribution in [3.8, 4) is 17.2 Å².